The molecule has 1 saturated heterocycles. The lowest BCUT2D eigenvalue weighted by Crippen LogP contribution is -2.45. The monoisotopic (exact) mass is 623 g/mol. The summed E-state index contributed by atoms with van der Waals surface area (Å²) in [6.45, 7) is 2.75. The van der Waals surface area contributed by atoms with Crippen LogP contribution in [0.15, 0.2) is 60.7 Å². The number of amides is 1. The largest absolute Gasteiger partial charge is 0.490 e. The number of ether oxygens (including phenoxy) is 1. The van der Waals surface area contributed by atoms with Gasteiger partial charge in [0.15, 0.2) is 0 Å². The summed E-state index contributed by atoms with van der Waals surface area (Å²) in [5.74, 6) is 0.269. The predicted molar refractivity (Wildman–Crippen MR) is 167 cm³/mol. The Morgan fingerprint density at radius 3 is 2.24 bits per heavy atom. The molecule has 3 aromatic carbocycles. The number of hydrogen-bond donors (Lipinski definition) is 5. The number of fused-ring (bicyclic) bond motifs is 1. The summed E-state index contributed by atoms with van der Waals surface area (Å²) in [5, 5.41) is 17.2. The molecule has 0 aliphatic carbocycles. The van der Waals surface area contributed by atoms with Crippen LogP contribution in [0.2, 0.25) is 0 Å². The Labute approximate surface area is 252 Å². The first-order valence-corrected chi connectivity index (χ1v) is 14.0. The second kappa shape index (κ2) is 14.4. The number of likely N-dealkylation sites (tertiary alicyclic amines) is 1. The number of hydrogen-bond acceptors (Lipinski definition) is 7. The quantitative estimate of drug-likeness (QED) is 0.179. The van der Waals surface area contributed by atoms with Crippen LogP contribution in [0.4, 0.5) is 5.69 Å². The summed E-state index contributed by atoms with van der Waals surface area (Å²) in [4.78, 5) is 13.9. The standard InChI is InChI=1S/C27H33N7O4S.2ClH/c1-18(29)33-12-10-25(11-13-33)38-24-8-6-23(7-9-24)34(39(36,37)32-26(35)16-28)17-19-2-3-20-4-5-21(27(30)31)15-22(20)14-19;;/h2-9,14-15,25,29H,10-13,16-17,28H2,1H3,(H3,30,31)(H,32,35);2*1H. The highest BCUT2D eigenvalue weighted by atomic mass is 35.5. The van der Waals surface area contributed by atoms with Crippen LogP contribution in [0.3, 0.4) is 0 Å². The number of halogens is 2. The molecule has 222 valence electrons. The Hall–Kier alpha value is -3.58. The molecule has 0 saturated carbocycles. The summed E-state index contributed by atoms with van der Waals surface area (Å²) in [6, 6.07) is 17.5. The number of nitrogen functional groups attached to an aromatic ring is 1. The van der Waals surface area contributed by atoms with Crippen LogP contribution in [0.5, 0.6) is 5.75 Å². The van der Waals surface area contributed by atoms with Crippen LogP contribution >= 0.6 is 24.8 Å². The molecule has 3 aromatic rings. The van der Waals surface area contributed by atoms with Crippen molar-refractivity contribution in [3.63, 3.8) is 0 Å². The number of carbonyl (C=O) groups is 1. The molecule has 1 heterocycles. The lowest BCUT2D eigenvalue weighted by molar-refractivity contribution is -0.118. The molecule has 0 bridgehead atoms. The van der Waals surface area contributed by atoms with E-state index in [1.54, 1.807) is 43.3 Å². The fourth-order valence-electron chi connectivity index (χ4n) is 4.48. The van der Waals surface area contributed by atoms with E-state index in [0.717, 1.165) is 41.0 Å². The third kappa shape index (κ3) is 8.46. The molecule has 1 amide bonds. The summed E-state index contributed by atoms with van der Waals surface area (Å²) in [7, 11) is -4.28. The van der Waals surface area contributed by atoms with E-state index in [1.807, 2.05) is 33.9 Å². The van der Waals surface area contributed by atoms with Gasteiger partial charge in [0.2, 0.25) is 5.91 Å². The van der Waals surface area contributed by atoms with Gasteiger partial charge in [-0.2, -0.15) is 8.42 Å². The minimum absolute atomic E-state index is 0. The molecule has 0 aromatic heterocycles. The zero-order valence-corrected chi connectivity index (χ0v) is 24.9. The molecule has 7 N–H and O–H groups in total. The van der Waals surface area contributed by atoms with Crippen LogP contribution in [0.25, 0.3) is 10.8 Å². The summed E-state index contributed by atoms with van der Waals surface area (Å²) in [5.41, 5.74) is 12.6. The summed E-state index contributed by atoms with van der Waals surface area (Å²) in [6.07, 6.45) is 1.58. The highest BCUT2D eigenvalue weighted by molar-refractivity contribution is 7.91. The fourth-order valence-corrected chi connectivity index (χ4v) is 5.68. The number of carbonyl (C=O) groups excluding carboxylic acids is 1. The first-order chi connectivity index (χ1) is 18.6. The molecule has 4 rings (SSSR count). The lowest BCUT2D eigenvalue weighted by atomic mass is 10.0. The highest BCUT2D eigenvalue weighted by Gasteiger charge is 2.26. The van der Waals surface area contributed by atoms with Gasteiger partial charge in [-0.3, -0.25) is 15.6 Å². The molecule has 41 heavy (non-hydrogen) atoms. The first-order valence-electron chi connectivity index (χ1n) is 12.5. The number of nitrogens with zero attached hydrogens (tertiary/aromatic N) is 2. The molecule has 14 heteroatoms. The maximum Gasteiger partial charge on any atom is 0.326 e. The van der Waals surface area contributed by atoms with E-state index in [9.17, 15) is 13.2 Å². The van der Waals surface area contributed by atoms with Gasteiger partial charge in [0.25, 0.3) is 0 Å². The molecular weight excluding hydrogens is 589 g/mol. The number of nitrogens with two attached hydrogens (primary N) is 2. The van der Waals surface area contributed by atoms with E-state index < -0.39 is 22.7 Å². The molecule has 0 spiro atoms. The van der Waals surface area contributed by atoms with E-state index in [1.165, 1.54) is 0 Å². The number of amidine groups is 2. The van der Waals surface area contributed by atoms with Crippen LogP contribution in [-0.4, -0.2) is 56.6 Å². The fraction of sp³-hybridized carbons (Fsp3) is 0.296. The number of benzene rings is 3. The van der Waals surface area contributed by atoms with Crippen LogP contribution in [-0.2, 0) is 21.5 Å². The van der Waals surface area contributed by atoms with Crippen LogP contribution in [0, 0.1) is 10.8 Å². The van der Waals surface area contributed by atoms with Crippen molar-refractivity contribution in [3.8, 4) is 5.75 Å². The maximum absolute atomic E-state index is 13.2. The average Bonchev–Trinajstić information content (AvgIpc) is 2.91. The topological polar surface area (TPSA) is 179 Å². The Morgan fingerprint density at radius 2 is 1.66 bits per heavy atom. The van der Waals surface area contributed by atoms with Crippen molar-refractivity contribution in [2.24, 2.45) is 11.5 Å². The number of rotatable bonds is 9. The second-order valence-electron chi connectivity index (χ2n) is 9.43. The Morgan fingerprint density at radius 1 is 1.02 bits per heavy atom. The molecule has 0 unspecified atom stereocenters. The van der Waals surface area contributed by atoms with E-state index >= 15 is 0 Å². The van der Waals surface area contributed by atoms with Gasteiger partial charge in [-0.15, -0.1) is 24.8 Å². The summed E-state index contributed by atoms with van der Waals surface area (Å²) >= 11 is 0. The van der Waals surface area contributed by atoms with Crippen molar-refractivity contribution in [1.82, 2.24) is 9.62 Å². The molecule has 1 fully saturated rings. The Kier molecular flexibility index (Phi) is 11.8. The van der Waals surface area contributed by atoms with Crippen molar-refractivity contribution in [3.05, 3.63) is 71.8 Å². The number of anilines is 1. The van der Waals surface area contributed by atoms with Gasteiger partial charge in [-0.1, -0.05) is 24.3 Å². The van der Waals surface area contributed by atoms with Crippen molar-refractivity contribution in [2.45, 2.75) is 32.4 Å². The molecule has 1 aliphatic heterocycles. The van der Waals surface area contributed by atoms with Gasteiger partial charge < -0.3 is 21.1 Å². The SMILES string of the molecule is CC(=N)N1CCC(Oc2ccc(N(Cc3ccc4ccc(C(=N)N)cc4c3)S(=O)(=O)NC(=O)CN)cc2)CC1.Cl.Cl. The average molecular weight is 625 g/mol. The van der Waals surface area contributed by atoms with Crippen LogP contribution < -0.4 is 25.2 Å². The predicted octanol–water partition coefficient (Wildman–Crippen LogP) is 3.13. The third-order valence-electron chi connectivity index (χ3n) is 6.60. The molecule has 11 nitrogen and oxygen atoms in total. The Bertz CT molecular complexity index is 1500. The van der Waals surface area contributed by atoms with Crippen LogP contribution in [0.1, 0.15) is 30.9 Å². The zero-order valence-electron chi connectivity index (χ0n) is 22.5. The van der Waals surface area contributed by atoms with Crippen molar-refractivity contribution >= 4 is 69.1 Å². The van der Waals surface area contributed by atoms with Crippen molar-refractivity contribution < 1.29 is 17.9 Å². The number of nitrogens with one attached hydrogen (secondary N) is 3. The molecular formula is C27H35Cl2N7O4S. The smallest absolute Gasteiger partial charge is 0.326 e. The lowest BCUT2D eigenvalue weighted by Gasteiger charge is -2.33. The number of piperidine rings is 1. The second-order valence-corrected chi connectivity index (χ2v) is 11.0. The molecule has 0 atom stereocenters. The van der Waals surface area contributed by atoms with Gasteiger partial charge in [0.05, 0.1) is 24.6 Å². The van der Waals surface area contributed by atoms with Gasteiger partial charge >= 0.3 is 10.2 Å². The first kappa shape index (κ1) is 33.6. The van der Waals surface area contributed by atoms with Gasteiger partial charge in [0, 0.05) is 31.5 Å². The molecule has 1 aliphatic rings. The summed E-state index contributed by atoms with van der Waals surface area (Å²) < 4.78 is 35.7. The normalized spacial score (nSPS) is 13.5. The van der Waals surface area contributed by atoms with Crippen molar-refractivity contribution in [2.75, 3.05) is 23.9 Å². The van der Waals surface area contributed by atoms with E-state index in [2.05, 4.69) is 0 Å². The third-order valence-corrected chi connectivity index (χ3v) is 8.01. The van der Waals surface area contributed by atoms with Crippen molar-refractivity contribution in [1.29, 1.82) is 10.8 Å². The van der Waals surface area contributed by atoms with E-state index in [-0.39, 0.29) is 43.3 Å². The van der Waals surface area contributed by atoms with Gasteiger partial charge in [0.1, 0.15) is 17.7 Å². The highest BCUT2D eigenvalue weighted by Crippen LogP contribution is 2.27. The van der Waals surface area contributed by atoms with E-state index in [4.69, 9.17) is 27.0 Å². The minimum atomic E-state index is -4.28. The Balaban J connectivity index is 0.00000294. The zero-order chi connectivity index (χ0) is 28.2. The van der Waals surface area contributed by atoms with E-state index in [0.29, 0.717) is 28.4 Å². The minimum Gasteiger partial charge on any atom is -0.490 e. The van der Waals surface area contributed by atoms with Gasteiger partial charge in [-0.05, 0) is 59.7 Å². The van der Waals surface area contributed by atoms with Gasteiger partial charge in [-0.25, -0.2) is 9.03 Å². The maximum atomic E-state index is 13.2. The molecule has 0 radical (unpaired) electrons.